The van der Waals surface area contributed by atoms with Crippen molar-refractivity contribution in [2.75, 3.05) is 0 Å². The number of nitrogens with zero attached hydrogens (tertiary/aromatic N) is 2. The lowest BCUT2D eigenvalue weighted by Crippen LogP contribution is -1.96. The van der Waals surface area contributed by atoms with Crippen LogP contribution in [0.25, 0.3) is 0 Å². The molecule has 0 aliphatic rings. The van der Waals surface area contributed by atoms with Crippen LogP contribution in [-0.4, -0.2) is 17.5 Å². The van der Waals surface area contributed by atoms with Gasteiger partial charge in [-0.2, -0.15) is 0 Å². The van der Waals surface area contributed by atoms with Gasteiger partial charge in [0.25, 0.3) is 0 Å². The van der Waals surface area contributed by atoms with Crippen LogP contribution < -0.4 is 0 Å². The van der Waals surface area contributed by atoms with E-state index >= 15 is 0 Å². The van der Waals surface area contributed by atoms with Crippen molar-refractivity contribution in [3.05, 3.63) is 58.6 Å². The zero-order valence-corrected chi connectivity index (χ0v) is 10.6. The monoisotopic (exact) mass is 276 g/mol. The first-order chi connectivity index (χ1) is 9.20. The van der Waals surface area contributed by atoms with Crippen LogP contribution in [0.3, 0.4) is 0 Å². The molecule has 0 saturated carbocycles. The van der Waals surface area contributed by atoms with Crippen molar-refractivity contribution < 1.29 is 9.18 Å². The van der Waals surface area contributed by atoms with E-state index in [9.17, 15) is 9.18 Å². The van der Waals surface area contributed by atoms with E-state index in [0.29, 0.717) is 24.0 Å². The summed E-state index contributed by atoms with van der Waals surface area (Å²) in [6, 6.07) is 7.55. The molecule has 0 bridgehead atoms. The van der Waals surface area contributed by atoms with Gasteiger partial charge in [-0.05, 0) is 35.9 Å². The standard InChI is InChI=1S/C14H10ClFN2O/c15-14-13(9-19)10(6-8-18-14)5-7-17-12-3-1-11(16)2-4-12/h1-4,6-9H,5H2. The van der Waals surface area contributed by atoms with Crippen molar-refractivity contribution in [2.45, 2.75) is 6.42 Å². The summed E-state index contributed by atoms with van der Waals surface area (Å²) in [5, 5.41) is 0.183. The molecule has 5 heteroatoms. The molecule has 0 aliphatic carbocycles. The van der Waals surface area contributed by atoms with E-state index < -0.39 is 0 Å². The maximum atomic E-state index is 12.7. The third-order valence-electron chi connectivity index (χ3n) is 2.53. The van der Waals surface area contributed by atoms with Crippen LogP contribution >= 0.6 is 11.6 Å². The first-order valence-electron chi connectivity index (χ1n) is 5.57. The highest BCUT2D eigenvalue weighted by molar-refractivity contribution is 6.31. The number of carbonyl (C=O) groups excluding carboxylic acids is 1. The summed E-state index contributed by atoms with van der Waals surface area (Å²) in [7, 11) is 0. The molecule has 1 aromatic heterocycles. The zero-order chi connectivity index (χ0) is 13.7. The number of hydrogen-bond acceptors (Lipinski definition) is 3. The van der Waals surface area contributed by atoms with E-state index in [2.05, 4.69) is 9.98 Å². The minimum Gasteiger partial charge on any atom is -0.298 e. The first-order valence-corrected chi connectivity index (χ1v) is 5.95. The van der Waals surface area contributed by atoms with Crippen molar-refractivity contribution in [1.29, 1.82) is 0 Å². The van der Waals surface area contributed by atoms with Crippen molar-refractivity contribution in [1.82, 2.24) is 4.98 Å². The minimum absolute atomic E-state index is 0.183. The molecule has 1 aromatic carbocycles. The number of hydrogen-bond donors (Lipinski definition) is 0. The van der Waals surface area contributed by atoms with Gasteiger partial charge in [0.15, 0.2) is 6.29 Å². The Morgan fingerprint density at radius 3 is 2.68 bits per heavy atom. The second-order valence-electron chi connectivity index (χ2n) is 3.78. The second kappa shape index (κ2) is 6.20. The van der Waals surface area contributed by atoms with Gasteiger partial charge in [0.05, 0.1) is 11.3 Å². The number of carbonyl (C=O) groups is 1. The van der Waals surface area contributed by atoms with Gasteiger partial charge in [0.2, 0.25) is 0 Å². The molecular weight excluding hydrogens is 267 g/mol. The quantitative estimate of drug-likeness (QED) is 0.486. The summed E-state index contributed by atoms with van der Waals surface area (Å²) >= 11 is 5.81. The van der Waals surface area contributed by atoms with Crippen LogP contribution in [0, 0.1) is 5.82 Å². The average Bonchev–Trinajstić information content (AvgIpc) is 2.41. The van der Waals surface area contributed by atoms with Gasteiger partial charge >= 0.3 is 0 Å². The molecule has 0 atom stereocenters. The molecule has 3 nitrogen and oxygen atoms in total. The molecule has 0 fully saturated rings. The summed E-state index contributed by atoms with van der Waals surface area (Å²) in [6.07, 6.45) is 4.31. The fourth-order valence-electron chi connectivity index (χ4n) is 1.56. The Bertz CT molecular complexity index is 611. The van der Waals surface area contributed by atoms with Gasteiger partial charge in [-0.3, -0.25) is 9.79 Å². The number of halogens is 2. The Morgan fingerprint density at radius 2 is 2.00 bits per heavy atom. The second-order valence-corrected chi connectivity index (χ2v) is 4.14. The number of aldehydes is 1. The molecule has 2 rings (SSSR count). The molecular formula is C14H10ClFN2O. The molecule has 96 valence electrons. The molecule has 0 aliphatic heterocycles. The molecule has 0 N–H and O–H groups in total. The van der Waals surface area contributed by atoms with Gasteiger partial charge in [-0.15, -0.1) is 0 Å². The van der Waals surface area contributed by atoms with E-state index in [-0.39, 0.29) is 11.0 Å². The van der Waals surface area contributed by atoms with E-state index in [0.717, 1.165) is 5.56 Å². The lowest BCUT2D eigenvalue weighted by molar-refractivity contribution is 0.112. The van der Waals surface area contributed by atoms with Gasteiger partial charge in [0, 0.05) is 18.8 Å². The lowest BCUT2D eigenvalue weighted by atomic mass is 10.1. The largest absolute Gasteiger partial charge is 0.298 e. The molecule has 0 unspecified atom stereocenters. The van der Waals surface area contributed by atoms with Crippen LogP contribution in [0.2, 0.25) is 5.15 Å². The Morgan fingerprint density at radius 1 is 1.26 bits per heavy atom. The first kappa shape index (κ1) is 13.4. The van der Waals surface area contributed by atoms with Crippen molar-refractivity contribution in [3.8, 4) is 0 Å². The SMILES string of the molecule is O=Cc1c(CC=Nc2ccc(F)cc2)ccnc1Cl. The summed E-state index contributed by atoms with van der Waals surface area (Å²) in [4.78, 5) is 18.9. The smallest absolute Gasteiger partial charge is 0.153 e. The number of pyridine rings is 1. The molecule has 0 saturated heterocycles. The van der Waals surface area contributed by atoms with E-state index in [1.807, 2.05) is 0 Å². The fraction of sp³-hybridized carbons (Fsp3) is 0.0714. The van der Waals surface area contributed by atoms with Crippen molar-refractivity contribution >= 4 is 29.8 Å². The Hall–Kier alpha value is -2.07. The van der Waals surface area contributed by atoms with Crippen LogP contribution in [0.4, 0.5) is 10.1 Å². The van der Waals surface area contributed by atoms with E-state index in [1.165, 1.54) is 18.3 Å². The maximum Gasteiger partial charge on any atom is 0.153 e. The maximum absolute atomic E-state index is 12.7. The third-order valence-corrected chi connectivity index (χ3v) is 2.83. The summed E-state index contributed by atoms with van der Waals surface area (Å²) < 4.78 is 12.7. The van der Waals surface area contributed by atoms with Crippen LogP contribution in [0.1, 0.15) is 15.9 Å². The summed E-state index contributed by atoms with van der Waals surface area (Å²) in [5.74, 6) is -0.303. The molecule has 2 aromatic rings. The highest BCUT2D eigenvalue weighted by Crippen LogP contribution is 2.16. The third kappa shape index (κ3) is 3.45. The van der Waals surface area contributed by atoms with Crippen LogP contribution in [0.5, 0.6) is 0 Å². The predicted molar refractivity (Wildman–Crippen MR) is 72.9 cm³/mol. The molecule has 19 heavy (non-hydrogen) atoms. The van der Waals surface area contributed by atoms with E-state index in [4.69, 9.17) is 11.6 Å². The topological polar surface area (TPSA) is 42.3 Å². The summed E-state index contributed by atoms with van der Waals surface area (Å²) in [6.45, 7) is 0. The molecule has 0 amide bonds. The average molecular weight is 277 g/mol. The Balaban J connectivity index is 2.12. The number of benzene rings is 1. The predicted octanol–water partition coefficient (Wildman–Crippen LogP) is 3.63. The van der Waals surface area contributed by atoms with Gasteiger partial charge in [-0.25, -0.2) is 9.37 Å². The number of aromatic nitrogens is 1. The highest BCUT2D eigenvalue weighted by atomic mass is 35.5. The van der Waals surface area contributed by atoms with Gasteiger partial charge < -0.3 is 0 Å². The zero-order valence-electron chi connectivity index (χ0n) is 9.88. The van der Waals surface area contributed by atoms with Crippen molar-refractivity contribution in [2.24, 2.45) is 4.99 Å². The van der Waals surface area contributed by atoms with Crippen LogP contribution in [-0.2, 0) is 6.42 Å². The number of aliphatic imine (C=N–C) groups is 1. The van der Waals surface area contributed by atoms with Gasteiger partial charge in [0.1, 0.15) is 11.0 Å². The van der Waals surface area contributed by atoms with E-state index in [1.54, 1.807) is 24.4 Å². The fourth-order valence-corrected chi connectivity index (χ4v) is 1.79. The van der Waals surface area contributed by atoms with Gasteiger partial charge in [-0.1, -0.05) is 11.6 Å². The Labute approximate surface area is 114 Å². The molecule has 0 spiro atoms. The minimum atomic E-state index is -0.303. The summed E-state index contributed by atoms with van der Waals surface area (Å²) in [5.41, 5.74) is 1.77. The Kier molecular flexibility index (Phi) is 4.36. The van der Waals surface area contributed by atoms with Crippen LogP contribution in [0.15, 0.2) is 41.5 Å². The van der Waals surface area contributed by atoms with Crippen molar-refractivity contribution in [3.63, 3.8) is 0 Å². The number of rotatable bonds is 4. The molecule has 1 heterocycles. The normalized spacial score (nSPS) is 10.8. The molecule has 0 radical (unpaired) electrons. The lowest BCUT2D eigenvalue weighted by Gasteiger charge is -2.01. The highest BCUT2D eigenvalue weighted by Gasteiger charge is 2.05.